The topological polar surface area (TPSA) is 80.6 Å². The Morgan fingerprint density at radius 1 is 1.08 bits per heavy atom. The lowest BCUT2D eigenvalue weighted by molar-refractivity contribution is -0.120. The minimum Gasteiger partial charge on any atom is -0.493 e. The predicted molar refractivity (Wildman–Crippen MR) is 97.2 cm³/mol. The number of hydrogen-bond acceptors (Lipinski definition) is 5. The van der Waals surface area contributed by atoms with Crippen molar-refractivity contribution in [1.29, 1.82) is 5.26 Å². The number of ether oxygens (including phenoxy) is 3. The van der Waals surface area contributed by atoms with Crippen LogP contribution in [0.15, 0.2) is 42.5 Å². The number of carbonyl (C=O) groups is 1. The molecule has 0 radical (unpaired) electrons. The molecule has 2 aromatic rings. The molecule has 0 heterocycles. The van der Waals surface area contributed by atoms with Gasteiger partial charge in [-0.3, -0.25) is 4.79 Å². The van der Waals surface area contributed by atoms with E-state index in [9.17, 15) is 4.79 Å². The van der Waals surface area contributed by atoms with Crippen molar-refractivity contribution < 1.29 is 19.0 Å². The number of aryl methyl sites for hydroxylation is 1. The molecule has 0 saturated heterocycles. The summed E-state index contributed by atoms with van der Waals surface area (Å²) in [5.74, 6) is 1.70. The fraction of sp³-hybridized carbons (Fsp3) is 0.300. The molecular formula is C20H22N2O4. The molecule has 0 aliphatic carbocycles. The fourth-order valence-corrected chi connectivity index (χ4v) is 2.30. The number of carbonyl (C=O) groups excluding carboxylic acids is 1. The first kappa shape index (κ1) is 19.1. The highest BCUT2D eigenvalue weighted by Crippen LogP contribution is 2.28. The van der Waals surface area contributed by atoms with Crippen molar-refractivity contribution in [3.63, 3.8) is 0 Å². The van der Waals surface area contributed by atoms with Crippen LogP contribution in [-0.2, 0) is 11.3 Å². The van der Waals surface area contributed by atoms with E-state index in [0.29, 0.717) is 31.3 Å². The third kappa shape index (κ3) is 5.71. The molecule has 6 heteroatoms. The summed E-state index contributed by atoms with van der Waals surface area (Å²) in [5, 5.41) is 11.2. The maximum atomic E-state index is 11.4. The van der Waals surface area contributed by atoms with E-state index >= 15 is 0 Å². The van der Waals surface area contributed by atoms with Gasteiger partial charge in [0.05, 0.1) is 13.2 Å². The summed E-state index contributed by atoms with van der Waals surface area (Å²) in [6.07, 6.45) is -0.157. The Balaban J connectivity index is 1.90. The van der Waals surface area contributed by atoms with Crippen LogP contribution in [0.4, 0.5) is 0 Å². The predicted octanol–water partition coefficient (Wildman–Crippen LogP) is 2.99. The van der Waals surface area contributed by atoms with Crippen LogP contribution in [0.5, 0.6) is 17.2 Å². The summed E-state index contributed by atoms with van der Waals surface area (Å²) in [7, 11) is 1.57. The van der Waals surface area contributed by atoms with Crippen molar-refractivity contribution in [2.75, 3.05) is 20.3 Å². The van der Waals surface area contributed by atoms with Crippen molar-refractivity contribution in [1.82, 2.24) is 5.32 Å². The highest BCUT2D eigenvalue weighted by molar-refractivity contribution is 5.77. The van der Waals surface area contributed by atoms with Gasteiger partial charge in [-0.15, -0.1) is 0 Å². The molecule has 2 rings (SSSR count). The fourth-order valence-electron chi connectivity index (χ4n) is 2.30. The first-order chi connectivity index (χ1) is 12.6. The van der Waals surface area contributed by atoms with Crippen LogP contribution in [0.25, 0.3) is 0 Å². The Morgan fingerprint density at radius 3 is 2.50 bits per heavy atom. The van der Waals surface area contributed by atoms with Gasteiger partial charge in [-0.1, -0.05) is 24.3 Å². The lowest BCUT2D eigenvalue weighted by Crippen LogP contribution is -2.21. The zero-order chi connectivity index (χ0) is 18.8. The maximum Gasteiger partial charge on any atom is 0.234 e. The van der Waals surface area contributed by atoms with E-state index in [0.717, 1.165) is 16.9 Å². The molecule has 0 bridgehead atoms. The zero-order valence-corrected chi connectivity index (χ0v) is 15.0. The van der Waals surface area contributed by atoms with Crippen LogP contribution in [0.2, 0.25) is 0 Å². The van der Waals surface area contributed by atoms with Crippen molar-refractivity contribution in [2.45, 2.75) is 19.9 Å². The number of methoxy groups -OCH3 is 1. The van der Waals surface area contributed by atoms with Gasteiger partial charge in [0, 0.05) is 6.54 Å². The Kier molecular flexibility index (Phi) is 7.31. The summed E-state index contributed by atoms with van der Waals surface area (Å²) in [6, 6.07) is 15.0. The van der Waals surface area contributed by atoms with Crippen LogP contribution in [0.3, 0.4) is 0 Å². The quantitative estimate of drug-likeness (QED) is 0.700. The molecule has 0 aromatic heterocycles. The number of nitriles is 1. The van der Waals surface area contributed by atoms with E-state index < -0.39 is 0 Å². The number of rotatable bonds is 9. The minimum absolute atomic E-state index is 0.157. The summed E-state index contributed by atoms with van der Waals surface area (Å²) in [6.45, 7) is 3.07. The SMILES string of the molecule is COc1ccc(CNC(=O)CC#N)cc1OCCOc1ccccc1C. The first-order valence-electron chi connectivity index (χ1n) is 8.26. The van der Waals surface area contributed by atoms with Gasteiger partial charge < -0.3 is 19.5 Å². The second-order valence-corrected chi connectivity index (χ2v) is 5.56. The summed E-state index contributed by atoms with van der Waals surface area (Å²) < 4.78 is 16.8. The molecule has 136 valence electrons. The molecule has 6 nitrogen and oxygen atoms in total. The molecule has 0 spiro atoms. The molecule has 2 aromatic carbocycles. The largest absolute Gasteiger partial charge is 0.493 e. The van der Waals surface area contributed by atoms with E-state index in [1.165, 1.54) is 0 Å². The minimum atomic E-state index is -0.308. The van der Waals surface area contributed by atoms with Crippen LogP contribution in [0.1, 0.15) is 17.5 Å². The van der Waals surface area contributed by atoms with Gasteiger partial charge >= 0.3 is 0 Å². The molecule has 0 aliphatic heterocycles. The monoisotopic (exact) mass is 354 g/mol. The van der Waals surface area contributed by atoms with Gasteiger partial charge in [-0.25, -0.2) is 0 Å². The van der Waals surface area contributed by atoms with Crippen molar-refractivity contribution in [3.8, 4) is 23.3 Å². The van der Waals surface area contributed by atoms with Crippen LogP contribution in [-0.4, -0.2) is 26.2 Å². The third-order valence-corrected chi connectivity index (χ3v) is 3.65. The average Bonchev–Trinajstić information content (AvgIpc) is 2.65. The molecule has 0 fully saturated rings. The molecule has 26 heavy (non-hydrogen) atoms. The smallest absolute Gasteiger partial charge is 0.234 e. The molecule has 1 amide bonds. The number of amides is 1. The Morgan fingerprint density at radius 2 is 1.81 bits per heavy atom. The maximum absolute atomic E-state index is 11.4. The van der Waals surface area contributed by atoms with Gasteiger partial charge in [0.15, 0.2) is 11.5 Å². The van der Waals surface area contributed by atoms with E-state index in [1.807, 2.05) is 43.3 Å². The molecule has 0 atom stereocenters. The number of hydrogen-bond donors (Lipinski definition) is 1. The normalized spacial score (nSPS) is 9.88. The standard InChI is InChI=1S/C20H22N2O4/c1-15-5-3-4-6-17(15)25-11-12-26-19-13-16(7-8-18(19)24-2)14-22-20(23)9-10-21/h3-8,13H,9,11-12,14H2,1-2H3,(H,22,23). The second kappa shape index (κ2) is 9.94. The number of para-hydroxylation sites is 1. The van der Waals surface area contributed by atoms with Gasteiger partial charge in [-0.2, -0.15) is 5.26 Å². The van der Waals surface area contributed by atoms with Crippen molar-refractivity contribution >= 4 is 5.91 Å². The number of nitrogens with one attached hydrogen (secondary N) is 1. The van der Waals surface area contributed by atoms with E-state index in [-0.39, 0.29) is 12.3 Å². The molecule has 0 aliphatic rings. The van der Waals surface area contributed by atoms with Crippen LogP contribution < -0.4 is 19.5 Å². The van der Waals surface area contributed by atoms with Crippen LogP contribution >= 0.6 is 0 Å². The van der Waals surface area contributed by atoms with Gasteiger partial charge in [0.1, 0.15) is 25.4 Å². The first-order valence-corrected chi connectivity index (χ1v) is 8.26. The summed E-state index contributed by atoms with van der Waals surface area (Å²) in [4.78, 5) is 11.4. The molecule has 0 saturated carbocycles. The third-order valence-electron chi connectivity index (χ3n) is 3.65. The Labute approximate surface area is 153 Å². The highest BCUT2D eigenvalue weighted by Gasteiger charge is 2.08. The van der Waals surface area contributed by atoms with Crippen LogP contribution in [0, 0.1) is 18.3 Å². The van der Waals surface area contributed by atoms with Crippen molar-refractivity contribution in [3.05, 3.63) is 53.6 Å². The average molecular weight is 354 g/mol. The van der Waals surface area contributed by atoms with E-state index in [4.69, 9.17) is 19.5 Å². The zero-order valence-electron chi connectivity index (χ0n) is 15.0. The number of benzene rings is 2. The summed E-state index contributed by atoms with van der Waals surface area (Å²) in [5.41, 5.74) is 1.92. The number of nitrogens with zero attached hydrogens (tertiary/aromatic N) is 1. The second-order valence-electron chi connectivity index (χ2n) is 5.56. The lowest BCUT2D eigenvalue weighted by atomic mass is 10.2. The molecule has 1 N–H and O–H groups in total. The lowest BCUT2D eigenvalue weighted by Gasteiger charge is -2.14. The Hall–Kier alpha value is -3.20. The van der Waals surface area contributed by atoms with E-state index in [1.54, 1.807) is 19.2 Å². The molecular weight excluding hydrogens is 332 g/mol. The van der Waals surface area contributed by atoms with Gasteiger partial charge in [0.2, 0.25) is 5.91 Å². The molecule has 0 unspecified atom stereocenters. The van der Waals surface area contributed by atoms with Gasteiger partial charge in [-0.05, 0) is 36.2 Å². The van der Waals surface area contributed by atoms with E-state index in [2.05, 4.69) is 5.32 Å². The summed E-state index contributed by atoms with van der Waals surface area (Å²) >= 11 is 0. The highest BCUT2D eigenvalue weighted by atomic mass is 16.5. The van der Waals surface area contributed by atoms with Gasteiger partial charge in [0.25, 0.3) is 0 Å². The Bertz CT molecular complexity index is 784. The van der Waals surface area contributed by atoms with Crippen molar-refractivity contribution in [2.24, 2.45) is 0 Å².